The van der Waals surface area contributed by atoms with E-state index in [0.717, 1.165) is 11.1 Å². The van der Waals surface area contributed by atoms with Crippen molar-refractivity contribution in [3.63, 3.8) is 0 Å². The van der Waals surface area contributed by atoms with Gasteiger partial charge in [0.25, 0.3) is 5.91 Å². The number of likely N-dealkylation sites (N-methyl/N-ethyl adjacent to an activating group) is 1. The third-order valence-corrected chi connectivity index (χ3v) is 3.46. The van der Waals surface area contributed by atoms with Crippen molar-refractivity contribution in [2.75, 3.05) is 19.7 Å². The molecule has 1 aromatic rings. The van der Waals surface area contributed by atoms with Crippen LogP contribution in [0.15, 0.2) is 35.0 Å². The summed E-state index contributed by atoms with van der Waals surface area (Å²) in [5.41, 5.74) is 2.43. The fourth-order valence-electron chi connectivity index (χ4n) is 1.91. The zero-order chi connectivity index (χ0) is 16.5. The SMILES string of the molecule is CCN(CC)C(=O)COc1ccc(/C=C(C)\C(C)=N\O)cc1. The maximum Gasteiger partial charge on any atom is 0.260 e. The Morgan fingerprint density at radius 3 is 2.32 bits per heavy atom. The van der Waals surface area contributed by atoms with Crippen LogP contribution in [0, 0.1) is 0 Å². The third-order valence-electron chi connectivity index (χ3n) is 3.46. The monoisotopic (exact) mass is 304 g/mol. The molecule has 0 saturated carbocycles. The minimum atomic E-state index is -0.0143. The number of ether oxygens (including phenoxy) is 1. The van der Waals surface area contributed by atoms with Crippen LogP contribution in [0.1, 0.15) is 33.3 Å². The average Bonchev–Trinajstić information content (AvgIpc) is 2.54. The number of nitrogens with zero attached hydrogens (tertiary/aromatic N) is 2. The van der Waals surface area contributed by atoms with Gasteiger partial charge in [-0.3, -0.25) is 4.79 Å². The van der Waals surface area contributed by atoms with E-state index in [1.54, 1.807) is 11.8 Å². The van der Waals surface area contributed by atoms with Crippen LogP contribution in [-0.2, 0) is 4.79 Å². The lowest BCUT2D eigenvalue weighted by Gasteiger charge is -2.18. The molecule has 1 N–H and O–H groups in total. The first-order valence-corrected chi connectivity index (χ1v) is 7.39. The van der Waals surface area contributed by atoms with Gasteiger partial charge in [-0.2, -0.15) is 0 Å². The number of benzene rings is 1. The highest BCUT2D eigenvalue weighted by atomic mass is 16.5. The van der Waals surface area contributed by atoms with E-state index in [2.05, 4.69) is 5.16 Å². The van der Waals surface area contributed by atoms with Gasteiger partial charge < -0.3 is 14.8 Å². The first-order valence-electron chi connectivity index (χ1n) is 7.39. The van der Waals surface area contributed by atoms with E-state index in [-0.39, 0.29) is 12.5 Å². The molecule has 1 rings (SSSR count). The number of carbonyl (C=O) groups excluding carboxylic acids is 1. The van der Waals surface area contributed by atoms with Gasteiger partial charge in [0.1, 0.15) is 5.75 Å². The first kappa shape index (κ1) is 17.8. The Balaban J connectivity index is 2.64. The molecule has 0 atom stereocenters. The second-order valence-corrected chi connectivity index (χ2v) is 4.94. The summed E-state index contributed by atoms with van der Waals surface area (Å²) in [5.74, 6) is 0.641. The van der Waals surface area contributed by atoms with Crippen LogP contribution in [0.3, 0.4) is 0 Å². The fraction of sp³-hybridized carbons (Fsp3) is 0.412. The highest BCUT2D eigenvalue weighted by molar-refractivity contribution is 6.01. The zero-order valence-corrected chi connectivity index (χ0v) is 13.7. The molecule has 1 amide bonds. The summed E-state index contributed by atoms with van der Waals surface area (Å²) in [7, 11) is 0. The predicted octanol–water partition coefficient (Wildman–Crippen LogP) is 3.19. The predicted molar refractivity (Wildman–Crippen MR) is 88.4 cm³/mol. The Morgan fingerprint density at radius 1 is 1.23 bits per heavy atom. The molecule has 0 fully saturated rings. The van der Waals surface area contributed by atoms with E-state index >= 15 is 0 Å². The number of rotatable bonds is 7. The number of carbonyl (C=O) groups is 1. The first-order chi connectivity index (χ1) is 10.5. The van der Waals surface area contributed by atoms with E-state index in [4.69, 9.17) is 9.94 Å². The van der Waals surface area contributed by atoms with Crippen molar-refractivity contribution in [1.29, 1.82) is 0 Å². The average molecular weight is 304 g/mol. The van der Waals surface area contributed by atoms with Gasteiger partial charge in [-0.25, -0.2) is 0 Å². The molecule has 1 aromatic carbocycles. The van der Waals surface area contributed by atoms with E-state index in [1.165, 1.54) is 0 Å². The summed E-state index contributed by atoms with van der Waals surface area (Å²) < 4.78 is 5.51. The zero-order valence-electron chi connectivity index (χ0n) is 13.7. The molecule has 120 valence electrons. The number of oxime groups is 1. The van der Waals surface area contributed by atoms with Crippen LogP contribution < -0.4 is 4.74 Å². The Labute approximate surface area is 131 Å². The molecule has 0 radical (unpaired) electrons. The summed E-state index contributed by atoms with van der Waals surface area (Å²) in [6, 6.07) is 7.43. The highest BCUT2D eigenvalue weighted by Crippen LogP contribution is 2.15. The molecular formula is C17H24N2O3. The van der Waals surface area contributed by atoms with Crippen molar-refractivity contribution in [2.24, 2.45) is 5.16 Å². The third kappa shape index (κ3) is 5.24. The van der Waals surface area contributed by atoms with Gasteiger partial charge in [0, 0.05) is 13.1 Å². The van der Waals surface area contributed by atoms with Crippen LogP contribution in [0.5, 0.6) is 5.75 Å². The minimum Gasteiger partial charge on any atom is -0.484 e. The number of hydrogen-bond acceptors (Lipinski definition) is 4. The van der Waals surface area contributed by atoms with Crippen LogP contribution in [0.4, 0.5) is 0 Å². The lowest BCUT2D eigenvalue weighted by molar-refractivity contribution is -0.132. The minimum absolute atomic E-state index is 0.0143. The number of allylic oxidation sites excluding steroid dienone is 1. The molecule has 0 aliphatic heterocycles. The van der Waals surface area contributed by atoms with E-state index in [1.807, 2.05) is 51.1 Å². The molecule has 0 bridgehead atoms. The summed E-state index contributed by atoms with van der Waals surface area (Å²) in [5, 5.41) is 11.9. The van der Waals surface area contributed by atoms with Crippen molar-refractivity contribution in [3.8, 4) is 5.75 Å². The Morgan fingerprint density at radius 2 is 1.82 bits per heavy atom. The Bertz CT molecular complexity index is 544. The van der Waals surface area contributed by atoms with Crippen LogP contribution in [0.25, 0.3) is 6.08 Å². The molecule has 0 spiro atoms. The summed E-state index contributed by atoms with van der Waals surface area (Å²) in [6.45, 7) is 8.93. The van der Waals surface area contributed by atoms with Gasteiger partial charge in [-0.05, 0) is 51.0 Å². The normalized spacial score (nSPS) is 12.2. The molecule has 0 heterocycles. The molecular weight excluding hydrogens is 280 g/mol. The van der Waals surface area contributed by atoms with Gasteiger partial charge in [0.2, 0.25) is 0 Å². The van der Waals surface area contributed by atoms with Crippen molar-refractivity contribution >= 4 is 17.7 Å². The van der Waals surface area contributed by atoms with Crippen LogP contribution in [0.2, 0.25) is 0 Å². The summed E-state index contributed by atoms with van der Waals surface area (Å²) in [6.07, 6.45) is 1.92. The van der Waals surface area contributed by atoms with Gasteiger partial charge >= 0.3 is 0 Å². The fourth-order valence-corrected chi connectivity index (χ4v) is 1.91. The largest absolute Gasteiger partial charge is 0.484 e. The standard InChI is InChI=1S/C17H24N2O3/c1-5-19(6-2)17(20)12-22-16-9-7-15(8-10-16)11-13(3)14(4)18-21/h7-11,21H,5-6,12H2,1-4H3/b13-11-,18-14+. The molecule has 0 aromatic heterocycles. The van der Waals surface area contributed by atoms with Gasteiger partial charge in [0.05, 0.1) is 5.71 Å². The van der Waals surface area contributed by atoms with E-state index < -0.39 is 0 Å². The molecule has 0 aliphatic rings. The highest BCUT2D eigenvalue weighted by Gasteiger charge is 2.09. The van der Waals surface area contributed by atoms with E-state index in [0.29, 0.717) is 24.6 Å². The van der Waals surface area contributed by atoms with Crippen molar-refractivity contribution in [1.82, 2.24) is 4.90 Å². The lowest BCUT2D eigenvalue weighted by Crippen LogP contribution is -2.34. The van der Waals surface area contributed by atoms with Crippen molar-refractivity contribution in [2.45, 2.75) is 27.7 Å². The lowest BCUT2D eigenvalue weighted by atomic mass is 10.1. The summed E-state index contributed by atoms with van der Waals surface area (Å²) >= 11 is 0. The van der Waals surface area contributed by atoms with Crippen molar-refractivity contribution in [3.05, 3.63) is 35.4 Å². The van der Waals surface area contributed by atoms with Gasteiger partial charge in [-0.1, -0.05) is 23.4 Å². The van der Waals surface area contributed by atoms with Gasteiger partial charge in [-0.15, -0.1) is 0 Å². The topological polar surface area (TPSA) is 62.1 Å². The van der Waals surface area contributed by atoms with Crippen molar-refractivity contribution < 1.29 is 14.7 Å². The molecule has 0 unspecified atom stereocenters. The second-order valence-electron chi connectivity index (χ2n) is 4.94. The molecule has 0 saturated heterocycles. The number of amides is 1. The van der Waals surface area contributed by atoms with Crippen LogP contribution in [-0.4, -0.2) is 41.4 Å². The second kappa shape index (κ2) is 8.87. The molecule has 0 aliphatic carbocycles. The molecule has 22 heavy (non-hydrogen) atoms. The van der Waals surface area contributed by atoms with Crippen LogP contribution >= 0.6 is 0 Å². The number of hydrogen-bond donors (Lipinski definition) is 1. The Hall–Kier alpha value is -2.30. The van der Waals surface area contributed by atoms with E-state index in [9.17, 15) is 4.79 Å². The smallest absolute Gasteiger partial charge is 0.260 e. The van der Waals surface area contributed by atoms with Gasteiger partial charge in [0.15, 0.2) is 6.61 Å². The maximum absolute atomic E-state index is 11.9. The maximum atomic E-state index is 11.9. The molecule has 5 heteroatoms. The Kier molecular flexibility index (Phi) is 7.16. The quantitative estimate of drug-likeness (QED) is 0.478. The summed E-state index contributed by atoms with van der Waals surface area (Å²) in [4.78, 5) is 13.6. The molecule has 5 nitrogen and oxygen atoms in total.